The number of ether oxygens (including phenoxy) is 1. The van der Waals surface area contributed by atoms with Gasteiger partial charge in [-0.2, -0.15) is 11.8 Å². The monoisotopic (exact) mass is 279 g/mol. The topological polar surface area (TPSA) is 53.1 Å². The van der Waals surface area contributed by atoms with E-state index in [1.807, 2.05) is 43.8 Å². The number of nitrogens with two attached hydrogens (primary N) is 1. The van der Waals surface area contributed by atoms with Crippen molar-refractivity contribution in [2.24, 2.45) is 0 Å². The molecule has 4 nitrogen and oxygen atoms in total. The van der Waals surface area contributed by atoms with Gasteiger partial charge < -0.3 is 15.0 Å². The number of thioether (sulfide) groups is 1. The van der Waals surface area contributed by atoms with E-state index in [2.05, 4.69) is 22.7 Å². The van der Waals surface area contributed by atoms with E-state index in [1.165, 1.54) is 0 Å². The highest BCUT2D eigenvalue weighted by molar-refractivity contribution is 7.99. The maximum Gasteiger partial charge on any atom is 0.201 e. The predicted octanol–water partition coefficient (Wildman–Crippen LogP) is 3.16. The summed E-state index contributed by atoms with van der Waals surface area (Å²) in [6, 6.07) is 5.97. The van der Waals surface area contributed by atoms with E-state index in [4.69, 9.17) is 10.5 Å². The van der Waals surface area contributed by atoms with Gasteiger partial charge in [0.25, 0.3) is 0 Å². The number of nitrogen functional groups attached to an aromatic ring is 1. The van der Waals surface area contributed by atoms with Crippen LogP contribution in [0.25, 0.3) is 11.0 Å². The van der Waals surface area contributed by atoms with Crippen molar-refractivity contribution < 1.29 is 4.74 Å². The van der Waals surface area contributed by atoms with Crippen molar-refractivity contribution in [3.05, 3.63) is 18.2 Å². The van der Waals surface area contributed by atoms with E-state index in [0.717, 1.165) is 23.3 Å². The summed E-state index contributed by atoms with van der Waals surface area (Å²) in [5.74, 6) is 1.35. The number of fused-ring (bicyclic) bond motifs is 1. The Morgan fingerprint density at radius 3 is 2.74 bits per heavy atom. The quantitative estimate of drug-likeness (QED) is 0.913. The van der Waals surface area contributed by atoms with Crippen LogP contribution in [0.5, 0.6) is 5.75 Å². The molecule has 1 aromatic heterocycles. The second-order valence-electron chi connectivity index (χ2n) is 4.92. The molecule has 0 amide bonds. The van der Waals surface area contributed by atoms with E-state index in [0.29, 0.717) is 11.2 Å². The summed E-state index contributed by atoms with van der Waals surface area (Å²) in [5.41, 5.74) is 7.93. The number of rotatable bonds is 5. The van der Waals surface area contributed by atoms with Crippen LogP contribution in [0, 0.1) is 0 Å². The molecule has 1 aromatic carbocycles. The third kappa shape index (κ3) is 2.97. The fourth-order valence-electron chi connectivity index (χ4n) is 2.01. The van der Waals surface area contributed by atoms with Crippen LogP contribution in [0.2, 0.25) is 0 Å². The maximum atomic E-state index is 6.04. The van der Waals surface area contributed by atoms with Gasteiger partial charge in [0.1, 0.15) is 11.3 Å². The smallest absolute Gasteiger partial charge is 0.201 e. The molecule has 0 saturated heterocycles. The summed E-state index contributed by atoms with van der Waals surface area (Å²) >= 11 is 1.82. The summed E-state index contributed by atoms with van der Waals surface area (Å²) in [6.45, 7) is 7.06. The minimum absolute atomic E-state index is 0.127. The number of hydrogen-bond acceptors (Lipinski definition) is 4. The van der Waals surface area contributed by atoms with Crippen LogP contribution in [0.1, 0.15) is 20.8 Å². The minimum atomic E-state index is 0.127. The lowest BCUT2D eigenvalue weighted by Crippen LogP contribution is -2.11. The SMILES string of the molecule is CSC(C)Cn1c(N)nc2c(OC(C)C)cccc21. The lowest BCUT2D eigenvalue weighted by Gasteiger charge is -2.12. The molecular formula is C14H21N3OS. The molecule has 0 saturated carbocycles. The second kappa shape index (κ2) is 5.74. The van der Waals surface area contributed by atoms with Crippen molar-refractivity contribution >= 4 is 28.7 Å². The first-order valence-corrected chi connectivity index (χ1v) is 7.76. The molecule has 1 atom stereocenters. The molecule has 2 rings (SSSR count). The molecule has 0 radical (unpaired) electrons. The molecule has 0 aliphatic heterocycles. The molecule has 104 valence electrons. The van der Waals surface area contributed by atoms with Crippen LogP contribution < -0.4 is 10.5 Å². The predicted molar refractivity (Wildman–Crippen MR) is 82.9 cm³/mol. The molecule has 2 N–H and O–H groups in total. The summed E-state index contributed by atoms with van der Waals surface area (Å²) in [7, 11) is 0. The minimum Gasteiger partial charge on any atom is -0.489 e. The van der Waals surface area contributed by atoms with Crippen molar-refractivity contribution in [2.75, 3.05) is 12.0 Å². The Labute approximate surface area is 118 Å². The van der Waals surface area contributed by atoms with Crippen LogP contribution in [0.3, 0.4) is 0 Å². The first kappa shape index (κ1) is 14.1. The van der Waals surface area contributed by atoms with Gasteiger partial charge in [-0.1, -0.05) is 13.0 Å². The van der Waals surface area contributed by atoms with Gasteiger partial charge in [0.05, 0.1) is 11.6 Å². The summed E-state index contributed by atoms with van der Waals surface area (Å²) in [5, 5.41) is 0.495. The molecule has 0 aliphatic carbocycles. The molecule has 0 fully saturated rings. The van der Waals surface area contributed by atoms with E-state index in [1.54, 1.807) is 0 Å². The van der Waals surface area contributed by atoms with Gasteiger partial charge in [0.15, 0.2) is 0 Å². The fourth-order valence-corrected chi connectivity index (χ4v) is 2.31. The molecule has 19 heavy (non-hydrogen) atoms. The lowest BCUT2D eigenvalue weighted by molar-refractivity contribution is 0.245. The number of benzene rings is 1. The Kier molecular flexibility index (Phi) is 4.24. The van der Waals surface area contributed by atoms with E-state index in [9.17, 15) is 0 Å². The maximum absolute atomic E-state index is 6.04. The first-order valence-electron chi connectivity index (χ1n) is 6.47. The molecule has 0 spiro atoms. The van der Waals surface area contributed by atoms with Gasteiger partial charge in [-0.15, -0.1) is 0 Å². The van der Waals surface area contributed by atoms with Gasteiger partial charge in [-0.3, -0.25) is 0 Å². The highest BCUT2D eigenvalue weighted by Crippen LogP contribution is 2.28. The Bertz CT molecular complexity index is 565. The van der Waals surface area contributed by atoms with Crippen molar-refractivity contribution in [3.63, 3.8) is 0 Å². The van der Waals surface area contributed by atoms with Crippen LogP contribution in [-0.4, -0.2) is 27.2 Å². The van der Waals surface area contributed by atoms with E-state index in [-0.39, 0.29) is 6.10 Å². The van der Waals surface area contributed by atoms with Crippen LogP contribution in [0.4, 0.5) is 5.95 Å². The Morgan fingerprint density at radius 2 is 2.11 bits per heavy atom. The summed E-state index contributed by atoms with van der Waals surface area (Å²) in [6.07, 6.45) is 2.23. The first-order chi connectivity index (χ1) is 9.02. The average molecular weight is 279 g/mol. The van der Waals surface area contributed by atoms with Gasteiger partial charge in [-0.05, 0) is 32.2 Å². The average Bonchev–Trinajstić information content (AvgIpc) is 2.67. The van der Waals surface area contributed by atoms with Crippen LogP contribution in [0.15, 0.2) is 18.2 Å². The molecule has 2 aromatic rings. The number of anilines is 1. The third-order valence-corrected chi connectivity index (χ3v) is 3.93. The zero-order valence-corrected chi connectivity index (χ0v) is 12.7. The number of imidazole rings is 1. The van der Waals surface area contributed by atoms with Crippen molar-refractivity contribution in [1.82, 2.24) is 9.55 Å². The number of nitrogens with zero attached hydrogens (tertiary/aromatic N) is 2. The van der Waals surface area contributed by atoms with Crippen LogP contribution >= 0.6 is 11.8 Å². The van der Waals surface area contributed by atoms with Crippen molar-refractivity contribution in [3.8, 4) is 5.75 Å². The highest BCUT2D eigenvalue weighted by atomic mass is 32.2. The normalized spacial score (nSPS) is 13.1. The zero-order chi connectivity index (χ0) is 14.0. The fraction of sp³-hybridized carbons (Fsp3) is 0.500. The largest absolute Gasteiger partial charge is 0.489 e. The van der Waals surface area contributed by atoms with Crippen molar-refractivity contribution in [1.29, 1.82) is 0 Å². The standard InChI is InChI=1S/C14H21N3OS/c1-9(2)18-12-7-5-6-11-13(12)16-14(15)17(11)8-10(3)19-4/h5-7,9-10H,8H2,1-4H3,(H2,15,16). The lowest BCUT2D eigenvalue weighted by atomic mass is 10.3. The molecule has 0 aliphatic rings. The molecule has 1 unspecified atom stereocenters. The Hall–Kier alpha value is -1.36. The molecule has 0 bridgehead atoms. The third-order valence-electron chi connectivity index (χ3n) is 2.98. The van der Waals surface area contributed by atoms with Gasteiger partial charge >= 0.3 is 0 Å². The number of aromatic nitrogens is 2. The molecule has 5 heteroatoms. The molecular weight excluding hydrogens is 258 g/mol. The second-order valence-corrected chi connectivity index (χ2v) is 6.19. The van der Waals surface area contributed by atoms with Gasteiger partial charge in [0.2, 0.25) is 5.95 Å². The van der Waals surface area contributed by atoms with Crippen molar-refractivity contribution in [2.45, 2.75) is 38.7 Å². The van der Waals surface area contributed by atoms with E-state index >= 15 is 0 Å². The Morgan fingerprint density at radius 1 is 1.37 bits per heavy atom. The summed E-state index contributed by atoms with van der Waals surface area (Å²) in [4.78, 5) is 4.46. The van der Waals surface area contributed by atoms with E-state index < -0.39 is 0 Å². The number of hydrogen-bond donors (Lipinski definition) is 1. The van der Waals surface area contributed by atoms with Crippen LogP contribution in [-0.2, 0) is 6.54 Å². The number of para-hydroxylation sites is 1. The Balaban J connectivity index is 2.46. The zero-order valence-electron chi connectivity index (χ0n) is 11.9. The summed E-state index contributed by atoms with van der Waals surface area (Å²) < 4.78 is 7.85. The van der Waals surface area contributed by atoms with Gasteiger partial charge in [-0.25, -0.2) is 4.98 Å². The highest BCUT2D eigenvalue weighted by Gasteiger charge is 2.14. The van der Waals surface area contributed by atoms with Gasteiger partial charge in [0, 0.05) is 11.8 Å². The molecule has 1 heterocycles.